The van der Waals surface area contributed by atoms with Gasteiger partial charge in [0.2, 0.25) is 0 Å². The van der Waals surface area contributed by atoms with Crippen molar-refractivity contribution < 1.29 is 4.79 Å². The lowest BCUT2D eigenvalue weighted by Gasteiger charge is -2.16. The van der Waals surface area contributed by atoms with Crippen LogP contribution in [-0.2, 0) is 7.05 Å². The van der Waals surface area contributed by atoms with Crippen LogP contribution in [-0.4, -0.2) is 15.7 Å². The fourth-order valence-electron chi connectivity index (χ4n) is 1.92. The Morgan fingerprint density at radius 2 is 2.42 bits per heavy atom. The van der Waals surface area contributed by atoms with Gasteiger partial charge in [-0.25, -0.2) is 0 Å². The summed E-state index contributed by atoms with van der Waals surface area (Å²) < 4.78 is 1.49. The Hall–Kier alpha value is -1.82. The predicted molar refractivity (Wildman–Crippen MR) is 77.1 cm³/mol. The van der Waals surface area contributed by atoms with Crippen LogP contribution in [0.2, 0.25) is 0 Å². The maximum absolute atomic E-state index is 12.2. The summed E-state index contributed by atoms with van der Waals surface area (Å²) in [6.07, 6.45) is 3.42. The minimum Gasteiger partial charge on any atom is -0.383 e. The maximum atomic E-state index is 12.2. The zero-order valence-electron chi connectivity index (χ0n) is 11.1. The molecule has 0 saturated carbocycles. The molecule has 0 aromatic carbocycles. The highest BCUT2D eigenvalue weighted by molar-refractivity contribution is 7.10. The highest BCUT2D eigenvalue weighted by atomic mass is 32.1. The Morgan fingerprint density at radius 3 is 2.95 bits per heavy atom. The SMILES string of the molecule is CCCC(NC(=O)c1cnn(C)c1N)c1cccs1. The van der Waals surface area contributed by atoms with Crippen LogP contribution in [0.5, 0.6) is 0 Å². The van der Waals surface area contributed by atoms with Crippen LogP contribution < -0.4 is 11.1 Å². The van der Waals surface area contributed by atoms with E-state index in [9.17, 15) is 4.79 Å². The largest absolute Gasteiger partial charge is 0.383 e. The average molecular weight is 278 g/mol. The molecule has 2 rings (SSSR count). The van der Waals surface area contributed by atoms with Crippen LogP contribution in [0, 0.1) is 0 Å². The lowest BCUT2D eigenvalue weighted by molar-refractivity contribution is 0.0936. The number of amides is 1. The lowest BCUT2D eigenvalue weighted by atomic mass is 10.1. The van der Waals surface area contributed by atoms with Crippen LogP contribution in [0.1, 0.15) is 41.0 Å². The zero-order chi connectivity index (χ0) is 13.8. The summed E-state index contributed by atoms with van der Waals surface area (Å²) in [5.74, 6) is 0.219. The Kier molecular flexibility index (Phi) is 4.21. The molecule has 0 fully saturated rings. The van der Waals surface area contributed by atoms with Gasteiger partial charge in [0.05, 0.1) is 12.2 Å². The molecule has 1 unspecified atom stereocenters. The van der Waals surface area contributed by atoms with Crippen molar-refractivity contribution in [3.63, 3.8) is 0 Å². The average Bonchev–Trinajstić information content (AvgIpc) is 3.01. The third kappa shape index (κ3) is 2.96. The van der Waals surface area contributed by atoms with E-state index in [1.54, 1.807) is 18.4 Å². The Bertz CT molecular complexity index is 547. The lowest BCUT2D eigenvalue weighted by Crippen LogP contribution is -2.28. The number of aromatic nitrogens is 2. The quantitative estimate of drug-likeness (QED) is 0.881. The van der Waals surface area contributed by atoms with Crippen LogP contribution in [0.25, 0.3) is 0 Å². The standard InChI is InChI=1S/C13H18N4OS/c1-3-5-10(11-6-4-7-19-11)16-13(18)9-8-15-17(2)12(9)14/h4,6-8,10H,3,5,14H2,1-2H3,(H,16,18). The van der Waals surface area contributed by atoms with Crippen molar-refractivity contribution in [2.24, 2.45) is 7.05 Å². The molecule has 0 bridgehead atoms. The number of thiophene rings is 1. The predicted octanol–water partition coefficient (Wildman–Crippen LogP) is 2.33. The number of carbonyl (C=O) groups excluding carboxylic acids is 1. The van der Waals surface area contributed by atoms with Crippen molar-refractivity contribution in [1.82, 2.24) is 15.1 Å². The molecule has 0 aliphatic rings. The van der Waals surface area contributed by atoms with Crippen LogP contribution in [0.4, 0.5) is 5.82 Å². The molecule has 1 atom stereocenters. The molecule has 19 heavy (non-hydrogen) atoms. The second-order valence-corrected chi connectivity index (χ2v) is 5.38. The first kappa shape index (κ1) is 13.6. The van der Waals surface area contributed by atoms with Crippen molar-refractivity contribution in [3.8, 4) is 0 Å². The number of rotatable bonds is 5. The van der Waals surface area contributed by atoms with Gasteiger partial charge in [0.15, 0.2) is 0 Å². The summed E-state index contributed by atoms with van der Waals surface area (Å²) in [5, 5.41) is 9.03. The molecule has 0 aliphatic heterocycles. The van der Waals surface area contributed by atoms with Crippen molar-refractivity contribution >= 4 is 23.1 Å². The van der Waals surface area contributed by atoms with E-state index in [1.807, 2.05) is 17.5 Å². The number of nitrogen functional groups attached to an aromatic ring is 1. The molecular weight excluding hydrogens is 260 g/mol. The van der Waals surface area contributed by atoms with Gasteiger partial charge in [-0.15, -0.1) is 11.3 Å². The number of aryl methyl sites for hydroxylation is 1. The van der Waals surface area contributed by atoms with E-state index >= 15 is 0 Å². The molecule has 6 heteroatoms. The smallest absolute Gasteiger partial charge is 0.257 e. The monoisotopic (exact) mass is 278 g/mol. The third-order valence-corrected chi connectivity index (χ3v) is 3.98. The minimum absolute atomic E-state index is 0.0390. The normalized spacial score (nSPS) is 12.3. The molecule has 2 heterocycles. The molecule has 1 amide bonds. The molecule has 2 aromatic rings. The number of nitrogens with one attached hydrogen (secondary N) is 1. The summed E-state index contributed by atoms with van der Waals surface area (Å²) in [6.45, 7) is 2.10. The van der Waals surface area contributed by atoms with Gasteiger partial charge >= 0.3 is 0 Å². The number of nitrogens with two attached hydrogens (primary N) is 1. The molecule has 3 N–H and O–H groups in total. The second kappa shape index (κ2) is 5.88. The van der Waals surface area contributed by atoms with E-state index in [2.05, 4.69) is 17.3 Å². The molecule has 5 nitrogen and oxygen atoms in total. The highest BCUT2D eigenvalue weighted by Crippen LogP contribution is 2.24. The second-order valence-electron chi connectivity index (χ2n) is 4.40. The zero-order valence-corrected chi connectivity index (χ0v) is 11.9. The number of nitrogens with zero attached hydrogens (tertiary/aromatic N) is 2. The minimum atomic E-state index is -0.169. The molecule has 0 spiro atoms. The summed E-state index contributed by atoms with van der Waals surface area (Å²) in [5.41, 5.74) is 6.24. The van der Waals surface area contributed by atoms with Gasteiger partial charge < -0.3 is 11.1 Å². The van der Waals surface area contributed by atoms with Crippen LogP contribution >= 0.6 is 11.3 Å². The van der Waals surface area contributed by atoms with E-state index in [1.165, 1.54) is 10.9 Å². The van der Waals surface area contributed by atoms with E-state index in [-0.39, 0.29) is 11.9 Å². The van der Waals surface area contributed by atoms with Crippen molar-refractivity contribution in [3.05, 3.63) is 34.2 Å². The van der Waals surface area contributed by atoms with Gasteiger partial charge in [-0.3, -0.25) is 9.48 Å². The van der Waals surface area contributed by atoms with Crippen LogP contribution in [0.3, 0.4) is 0 Å². The number of carbonyl (C=O) groups is 1. The van der Waals surface area contributed by atoms with Gasteiger partial charge in [0, 0.05) is 11.9 Å². The first-order chi connectivity index (χ1) is 9.13. The van der Waals surface area contributed by atoms with Gasteiger partial charge in [0.1, 0.15) is 11.4 Å². The van der Waals surface area contributed by atoms with Gasteiger partial charge in [-0.2, -0.15) is 5.10 Å². The molecular formula is C13H18N4OS. The fraction of sp³-hybridized carbons (Fsp3) is 0.385. The van der Waals surface area contributed by atoms with Gasteiger partial charge in [-0.1, -0.05) is 19.4 Å². The van der Waals surface area contributed by atoms with Crippen molar-refractivity contribution in [2.75, 3.05) is 5.73 Å². The first-order valence-corrected chi connectivity index (χ1v) is 7.13. The van der Waals surface area contributed by atoms with Crippen molar-refractivity contribution in [1.29, 1.82) is 0 Å². The third-order valence-electron chi connectivity index (χ3n) is 3.00. The van der Waals surface area contributed by atoms with Crippen molar-refractivity contribution in [2.45, 2.75) is 25.8 Å². The Morgan fingerprint density at radius 1 is 1.63 bits per heavy atom. The molecule has 0 radical (unpaired) electrons. The van der Waals surface area contributed by atoms with E-state index < -0.39 is 0 Å². The molecule has 0 saturated heterocycles. The molecule has 0 aliphatic carbocycles. The molecule has 2 aromatic heterocycles. The Balaban J connectivity index is 2.13. The molecule has 102 valence electrons. The van der Waals surface area contributed by atoms with Crippen LogP contribution in [0.15, 0.2) is 23.7 Å². The fourth-order valence-corrected chi connectivity index (χ4v) is 2.73. The number of hydrogen-bond donors (Lipinski definition) is 2. The first-order valence-electron chi connectivity index (χ1n) is 6.25. The summed E-state index contributed by atoms with van der Waals surface area (Å²) in [7, 11) is 1.72. The highest BCUT2D eigenvalue weighted by Gasteiger charge is 2.19. The Labute approximate surface area is 116 Å². The summed E-state index contributed by atoms with van der Waals surface area (Å²) in [6, 6.07) is 4.07. The summed E-state index contributed by atoms with van der Waals surface area (Å²) >= 11 is 1.65. The van der Waals surface area contributed by atoms with E-state index in [0.29, 0.717) is 11.4 Å². The number of hydrogen-bond acceptors (Lipinski definition) is 4. The topological polar surface area (TPSA) is 72.9 Å². The van der Waals surface area contributed by atoms with Gasteiger partial charge in [-0.05, 0) is 17.9 Å². The van der Waals surface area contributed by atoms with Gasteiger partial charge in [0.25, 0.3) is 5.91 Å². The number of anilines is 1. The maximum Gasteiger partial charge on any atom is 0.257 e. The summed E-state index contributed by atoms with van der Waals surface area (Å²) in [4.78, 5) is 13.4. The van der Waals surface area contributed by atoms with E-state index in [4.69, 9.17) is 5.73 Å². The van der Waals surface area contributed by atoms with E-state index in [0.717, 1.165) is 17.7 Å².